The summed E-state index contributed by atoms with van der Waals surface area (Å²) in [6.45, 7) is 7.93. The Balaban J connectivity index is 2.55. The minimum absolute atomic E-state index is 0.444. The van der Waals surface area contributed by atoms with E-state index >= 15 is 0 Å². The fourth-order valence-corrected chi connectivity index (χ4v) is 2.39. The molecule has 1 aromatic rings. The molecule has 0 bridgehead atoms. The monoisotopic (exact) mass is 264 g/mol. The van der Waals surface area contributed by atoms with Crippen LogP contribution in [0.4, 0.5) is 0 Å². The summed E-state index contributed by atoms with van der Waals surface area (Å²) >= 11 is 0.444. The van der Waals surface area contributed by atoms with Crippen LogP contribution in [0.1, 0.15) is 18.1 Å². The van der Waals surface area contributed by atoms with E-state index in [1.165, 1.54) is 15.6 Å². The van der Waals surface area contributed by atoms with Gasteiger partial charge in [0.25, 0.3) is 0 Å². The van der Waals surface area contributed by atoms with E-state index in [4.69, 9.17) is 0 Å². The van der Waals surface area contributed by atoms with Gasteiger partial charge in [0.1, 0.15) is 0 Å². The number of hydrogen-bond donors (Lipinski definition) is 0. The summed E-state index contributed by atoms with van der Waals surface area (Å²) in [7, 11) is 0. The first kappa shape index (κ1) is 12.0. The van der Waals surface area contributed by atoms with Crippen molar-refractivity contribution in [2.75, 3.05) is 0 Å². The van der Waals surface area contributed by atoms with Gasteiger partial charge < -0.3 is 0 Å². The average molecular weight is 263 g/mol. The molecular weight excluding hydrogens is 247 g/mol. The van der Waals surface area contributed by atoms with Crippen LogP contribution in [-0.2, 0) is 0 Å². The van der Waals surface area contributed by atoms with Crippen molar-refractivity contribution in [2.45, 2.75) is 13.8 Å². The molecule has 0 atom stereocenters. The van der Waals surface area contributed by atoms with Gasteiger partial charge in [0, 0.05) is 0 Å². The van der Waals surface area contributed by atoms with E-state index in [-0.39, 0.29) is 0 Å². The second kappa shape index (κ2) is 6.44. The van der Waals surface area contributed by atoms with Crippen LogP contribution in [0, 0.1) is 6.92 Å². The number of benzene rings is 1. The number of allylic oxidation sites excluding steroid dienone is 3. The Morgan fingerprint density at radius 3 is 2.53 bits per heavy atom. The summed E-state index contributed by atoms with van der Waals surface area (Å²) < 4.78 is 1.39. The molecule has 0 N–H and O–H groups in total. The molecule has 1 aromatic carbocycles. The Hall–Kier alpha value is -1.04. The van der Waals surface area contributed by atoms with E-state index in [9.17, 15) is 0 Å². The first-order valence-corrected chi connectivity index (χ1v) is 6.76. The predicted octanol–water partition coefficient (Wildman–Crippen LogP) is 3.76. The van der Waals surface area contributed by atoms with Crippen molar-refractivity contribution >= 4 is 21.0 Å². The minimum atomic E-state index is 0.444. The van der Waals surface area contributed by atoms with Gasteiger partial charge >= 0.3 is 98.4 Å². The Morgan fingerprint density at radius 1 is 1.27 bits per heavy atom. The van der Waals surface area contributed by atoms with Crippen molar-refractivity contribution in [1.82, 2.24) is 0 Å². The number of rotatable bonds is 4. The second-order valence-corrected chi connectivity index (χ2v) is 5.76. The normalized spacial score (nSPS) is 12.0. The van der Waals surface area contributed by atoms with Crippen molar-refractivity contribution in [2.24, 2.45) is 0 Å². The molecule has 0 nitrogen and oxygen atoms in total. The molecule has 0 aliphatic rings. The van der Waals surface area contributed by atoms with E-state index in [0.717, 1.165) is 0 Å². The van der Waals surface area contributed by atoms with Crippen LogP contribution < -0.4 is 0 Å². The zero-order chi connectivity index (χ0) is 11.1. The summed E-state index contributed by atoms with van der Waals surface area (Å²) in [5, 5.41) is 0. The third-order valence-corrected chi connectivity index (χ3v) is 3.58. The zero-order valence-electron chi connectivity index (χ0n) is 9.23. The molecule has 0 unspecified atom stereocenters. The number of hydrogen-bond acceptors (Lipinski definition) is 0. The van der Waals surface area contributed by atoms with Crippen molar-refractivity contribution in [1.29, 1.82) is 0 Å². The molecule has 0 saturated carbocycles. The molecule has 1 heteroatoms. The van der Waals surface area contributed by atoms with Crippen LogP contribution in [0.15, 0.2) is 52.4 Å². The maximum absolute atomic E-state index is 3.69. The third kappa shape index (κ3) is 4.83. The van der Waals surface area contributed by atoms with Crippen LogP contribution >= 0.6 is 0 Å². The molecule has 0 spiro atoms. The van der Waals surface area contributed by atoms with Gasteiger partial charge in [-0.25, -0.2) is 0 Å². The van der Waals surface area contributed by atoms with Gasteiger partial charge in [0.15, 0.2) is 0 Å². The van der Waals surface area contributed by atoms with Crippen molar-refractivity contribution in [3.63, 3.8) is 0 Å². The van der Waals surface area contributed by atoms with Gasteiger partial charge in [-0.2, -0.15) is 0 Å². The van der Waals surface area contributed by atoms with E-state index in [1.54, 1.807) is 0 Å². The van der Waals surface area contributed by atoms with Crippen LogP contribution in [0.2, 0.25) is 0 Å². The molecule has 1 rings (SSSR count). The van der Waals surface area contributed by atoms with Crippen LogP contribution in [0.3, 0.4) is 0 Å². The first-order valence-electron chi connectivity index (χ1n) is 4.91. The third-order valence-electron chi connectivity index (χ3n) is 1.94. The van der Waals surface area contributed by atoms with Crippen molar-refractivity contribution in [3.05, 3.63) is 63.6 Å². The van der Waals surface area contributed by atoms with Crippen LogP contribution in [-0.4, -0.2) is 15.0 Å². The summed E-state index contributed by atoms with van der Waals surface area (Å²) in [5.41, 5.74) is 2.58. The van der Waals surface area contributed by atoms with Crippen LogP contribution in [0.5, 0.6) is 0 Å². The van der Waals surface area contributed by atoms with Crippen molar-refractivity contribution in [3.8, 4) is 0 Å². The van der Waals surface area contributed by atoms with Gasteiger partial charge in [-0.1, -0.05) is 0 Å². The molecule has 0 saturated heterocycles. The maximum atomic E-state index is 3.69. The summed E-state index contributed by atoms with van der Waals surface area (Å²) in [6.07, 6.45) is 6.09. The summed E-state index contributed by atoms with van der Waals surface area (Å²) in [4.78, 5) is 2.24. The van der Waals surface area contributed by atoms with Gasteiger partial charge in [-0.15, -0.1) is 0 Å². The molecule has 78 valence electrons. The second-order valence-electron chi connectivity index (χ2n) is 3.34. The average Bonchev–Trinajstić information content (AvgIpc) is 2.21. The Kier molecular flexibility index (Phi) is 5.17. The zero-order valence-corrected chi connectivity index (χ0v) is 10.9. The standard InChI is InChI=1S/C14H16Se/c1-4-5-13(3)15-11-10-14-8-6-12(2)7-9-14/h4-11H,1H2,2-3H3/b11-10+,13-5-. The quantitative estimate of drug-likeness (QED) is 0.573. The fourth-order valence-electron chi connectivity index (χ4n) is 1.10. The van der Waals surface area contributed by atoms with E-state index < -0.39 is 0 Å². The van der Waals surface area contributed by atoms with E-state index in [1.807, 2.05) is 6.08 Å². The molecule has 15 heavy (non-hydrogen) atoms. The topological polar surface area (TPSA) is 0 Å². The summed E-state index contributed by atoms with van der Waals surface area (Å²) in [6, 6.07) is 8.57. The van der Waals surface area contributed by atoms with Crippen LogP contribution in [0.25, 0.3) is 6.08 Å². The molecule has 0 heterocycles. The van der Waals surface area contributed by atoms with Gasteiger partial charge in [-0.3, -0.25) is 0 Å². The van der Waals surface area contributed by atoms with E-state index in [0.29, 0.717) is 15.0 Å². The molecular formula is C14H16Se. The van der Waals surface area contributed by atoms with Crippen molar-refractivity contribution < 1.29 is 0 Å². The Bertz CT molecular complexity index is 369. The van der Waals surface area contributed by atoms with Gasteiger partial charge in [-0.05, 0) is 0 Å². The molecule has 0 fully saturated rings. The molecule has 0 radical (unpaired) electrons. The molecule has 0 aliphatic carbocycles. The molecule has 0 amide bonds. The predicted molar refractivity (Wildman–Crippen MR) is 69.9 cm³/mol. The van der Waals surface area contributed by atoms with Gasteiger partial charge in [0.2, 0.25) is 0 Å². The fraction of sp³-hybridized carbons (Fsp3) is 0.143. The first-order chi connectivity index (χ1) is 7.22. The van der Waals surface area contributed by atoms with Gasteiger partial charge in [0.05, 0.1) is 0 Å². The number of aryl methyl sites for hydroxylation is 1. The van der Waals surface area contributed by atoms with E-state index in [2.05, 4.69) is 61.8 Å². The Morgan fingerprint density at radius 2 is 1.93 bits per heavy atom. The molecule has 0 aliphatic heterocycles. The Labute approximate surface area is 98.6 Å². The summed E-state index contributed by atoms with van der Waals surface area (Å²) in [5.74, 6) is 0. The SMILES string of the molecule is C=C/C=C(/C)[Se]/C=C/c1ccc(C)cc1. The molecule has 0 aromatic heterocycles.